The Hall–Kier alpha value is -2.23. The molecule has 18 heavy (non-hydrogen) atoms. The number of carbonyl (C=O) groups is 1. The Bertz CT molecular complexity index is 503. The van der Waals surface area contributed by atoms with E-state index >= 15 is 0 Å². The van der Waals surface area contributed by atoms with Crippen molar-refractivity contribution >= 4 is 11.5 Å². The summed E-state index contributed by atoms with van der Waals surface area (Å²) in [5.74, 6) is 0.876. The van der Waals surface area contributed by atoms with E-state index in [0.29, 0.717) is 12.2 Å². The smallest absolute Gasteiger partial charge is 0.198 e. The number of methoxy groups -OCH3 is 1. The van der Waals surface area contributed by atoms with Crippen molar-refractivity contribution in [2.75, 3.05) is 25.6 Å². The molecule has 1 heterocycles. The molecule has 0 bridgehead atoms. The van der Waals surface area contributed by atoms with Crippen molar-refractivity contribution in [3.8, 4) is 5.75 Å². The number of likely N-dealkylation sites (N-methyl/N-ethyl adjacent to an activating group) is 1. The molecular weight excluding hydrogens is 228 g/mol. The van der Waals surface area contributed by atoms with E-state index in [4.69, 9.17) is 4.74 Å². The fourth-order valence-corrected chi connectivity index (χ4v) is 1.73. The van der Waals surface area contributed by atoms with E-state index in [-0.39, 0.29) is 5.78 Å². The second-order valence-electron chi connectivity index (χ2n) is 4.06. The first-order valence-corrected chi connectivity index (χ1v) is 5.72. The molecule has 0 aliphatic carbocycles. The highest BCUT2D eigenvalue weighted by atomic mass is 16.5. The van der Waals surface area contributed by atoms with Gasteiger partial charge in [0, 0.05) is 18.9 Å². The summed E-state index contributed by atoms with van der Waals surface area (Å²) in [7, 11) is 3.52. The van der Waals surface area contributed by atoms with Gasteiger partial charge in [-0.2, -0.15) is 0 Å². The molecule has 4 nitrogen and oxygen atoms in total. The lowest BCUT2D eigenvalue weighted by molar-refractivity contribution is 0.0996. The maximum atomic E-state index is 11.9. The maximum absolute atomic E-state index is 11.9. The Kier molecular flexibility index (Phi) is 3.67. The zero-order chi connectivity index (χ0) is 13.0. The van der Waals surface area contributed by atoms with Crippen LogP contribution in [0.4, 0.5) is 5.69 Å². The summed E-state index contributed by atoms with van der Waals surface area (Å²) in [6.07, 6.45) is 1.75. The van der Waals surface area contributed by atoms with E-state index < -0.39 is 0 Å². The number of ether oxygens (including phenoxy) is 1. The summed E-state index contributed by atoms with van der Waals surface area (Å²) in [5, 5.41) is 0. The fraction of sp³-hybridized carbons (Fsp3) is 0.214. The van der Waals surface area contributed by atoms with E-state index in [1.165, 1.54) is 0 Å². The van der Waals surface area contributed by atoms with E-state index in [2.05, 4.69) is 4.98 Å². The molecule has 0 saturated heterocycles. The van der Waals surface area contributed by atoms with Crippen molar-refractivity contribution in [3.63, 3.8) is 0 Å². The third kappa shape index (κ3) is 2.71. The molecule has 0 amide bonds. The lowest BCUT2D eigenvalue weighted by Crippen LogP contribution is -2.25. The number of nitrogens with one attached hydrogen (secondary N) is 1. The molecule has 1 aromatic heterocycles. The van der Waals surface area contributed by atoms with Crippen molar-refractivity contribution in [2.24, 2.45) is 0 Å². The summed E-state index contributed by atoms with van der Waals surface area (Å²) in [4.78, 5) is 16.7. The minimum atomic E-state index is 0.0679. The summed E-state index contributed by atoms with van der Waals surface area (Å²) in [6.45, 7) is 0.340. The van der Waals surface area contributed by atoms with Crippen LogP contribution in [0.25, 0.3) is 0 Å². The molecular formula is C14H16N2O2. The molecule has 94 valence electrons. The van der Waals surface area contributed by atoms with Crippen molar-refractivity contribution in [3.05, 3.63) is 48.3 Å². The molecule has 0 atom stereocenters. The van der Waals surface area contributed by atoms with Crippen molar-refractivity contribution in [2.45, 2.75) is 0 Å². The number of benzene rings is 1. The normalized spacial score (nSPS) is 10.1. The van der Waals surface area contributed by atoms with Crippen LogP contribution in [0.2, 0.25) is 0 Å². The lowest BCUT2D eigenvalue weighted by atomic mass is 10.2. The van der Waals surface area contributed by atoms with Gasteiger partial charge in [-0.05, 0) is 36.4 Å². The molecule has 2 rings (SSSR count). The first-order valence-electron chi connectivity index (χ1n) is 5.72. The molecule has 0 fully saturated rings. The molecule has 0 spiro atoms. The zero-order valence-electron chi connectivity index (χ0n) is 10.5. The van der Waals surface area contributed by atoms with Gasteiger partial charge in [-0.1, -0.05) is 0 Å². The number of nitrogens with zero attached hydrogens (tertiary/aromatic N) is 1. The van der Waals surface area contributed by atoms with E-state index in [9.17, 15) is 4.79 Å². The summed E-state index contributed by atoms with van der Waals surface area (Å²) in [6, 6.07) is 11.2. The van der Waals surface area contributed by atoms with Crippen LogP contribution in [-0.4, -0.2) is 31.5 Å². The second-order valence-corrected chi connectivity index (χ2v) is 4.06. The number of hydrogen-bond acceptors (Lipinski definition) is 3. The number of rotatable bonds is 5. The minimum absolute atomic E-state index is 0.0679. The highest BCUT2D eigenvalue weighted by Crippen LogP contribution is 2.18. The summed E-state index contributed by atoms with van der Waals surface area (Å²) < 4.78 is 5.10. The standard InChI is InChI=1S/C14H16N2O2/c1-16(10-14(17)13-4-3-9-15-13)11-5-7-12(18-2)8-6-11/h3-9,15H,10H2,1-2H3. The number of anilines is 1. The number of carbonyl (C=O) groups excluding carboxylic acids is 1. The SMILES string of the molecule is COc1ccc(N(C)CC(=O)c2ccc[nH]2)cc1. The summed E-state index contributed by atoms with van der Waals surface area (Å²) >= 11 is 0. The zero-order valence-corrected chi connectivity index (χ0v) is 10.5. The van der Waals surface area contributed by atoms with Crippen LogP contribution < -0.4 is 9.64 Å². The number of aromatic amines is 1. The Morgan fingerprint density at radius 3 is 2.56 bits per heavy atom. The average molecular weight is 244 g/mol. The molecule has 0 aliphatic heterocycles. The van der Waals surface area contributed by atoms with Gasteiger partial charge in [0.05, 0.1) is 19.3 Å². The van der Waals surface area contributed by atoms with Crippen LogP contribution in [0, 0.1) is 0 Å². The molecule has 2 aromatic rings. The fourth-order valence-electron chi connectivity index (χ4n) is 1.73. The first-order chi connectivity index (χ1) is 8.70. The molecule has 0 aliphatic rings. The van der Waals surface area contributed by atoms with Crippen LogP contribution in [-0.2, 0) is 0 Å². The topological polar surface area (TPSA) is 45.3 Å². The molecule has 1 aromatic carbocycles. The Balaban J connectivity index is 2.02. The van der Waals surface area contributed by atoms with E-state index in [0.717, 1.165) is 11.4 Å². The number of ketones is 1. The van der Waals surface area contributed by atoms with Crippen LogP contribution in [0.1, 0.15) is 10.5 Å². The third-order valence-electron chi connectivity index (χ3n) is 2.79. The van der Waals surface area contributed by atoms with Gasteiger partial charge < -0.3 is 14.6 Å². The van der Waals surface area contributed by atoms with Gasteiger partial charge in [-0.25, -0.2) is 0 Å². The predicted molar refractivity (Wildman–Crippen MR) is 71.4 cm³/mol. The van der Waals surface area contributed by atoms with E-state index in [1.54, 1.807) is 19.4 Å². The minimum Gasteiger partial charge on any atom is -0.497 e. The van der Waals surface area contributed by atoms with Gasteiger partial charge in [0.25, 0.3) is 0 Å². The Morgan fingerprint density at radius 2 is 2.00 bits per heavy atom. The molecule has 0 radical (unpaired) electrons. The number of aromatic nitrogens is 1. The predicted octanol–water partition coefficient (Wildman–Crippen LogP) is 2.34. The van der Waals surface area contributed by atoms with Crippen molar-refractivity contribution < 1.29 is 9.53 Å². The lowest BCUT2D eigenvalue weighted by Gasteiger charge is -2.18. The summed E-state index contributed by atoms with van der Waals surface area (Å²) in [5.41, 5.74) is 1.62. The molecule has 4 heteroatoms. The van der Waals surface area contributed by atoms with Gasteiger partial charge in [0.1, 0.15) is 5.75 Å². The maximum Gasteiger partial charge on any atom is 0.198 e. The van der Waals surface area contributed by atoms with Crippen LogP contribution in [0.5, 0.6) is 5.75 Å². The number of H-pyrrole nitrogens is 1. The van der Waals surface area contributed by atoms with Gasteiger partial charge in [0.2, 0.25) is 0 Å². The highest BCUT2D eigenvalue weighted by molar-refractivity contribution is 5.97. The largest absolute Gasteiger partial charge is 0.497 e. The second kappa shape index (κ2) is 5.40. The third-order valence-corrected chi connectivity index (χ3v) is 2.79. The van der Waals surface area contributed by atoms with Gasteiger partial charge in [-0.3, -0.25) is 4.79 Å². The molecule has 1 N–H and O–H groups in total. The molecule has 0 unspecified atom stereocenters. The van der Waals surface area contributed by atoms with Crippen molar-refractivity contribution in [1.82, 2.24) is 4.98 Å². The van der Waals surface area contributed by atoms with Crippen molar-refractivity contribution in [1.29, 1.82) is 0 Å². The quantitative estimate of drug-likeness (QED) is 0.821. The number of Topliss-reactive ketones (excluding diaryl/α,β-unsaturated/α-hetero) is 1. The average Bonchev–Trinajstić information content (AvgIpc) is 2.92. The van der Waals surface area contributed by atoms with E-state index in [1.807, 2.05) is 42.3 Å². The van der Waals surface area contributed by atoms with Gasteiger partial charge in [-0.15, -0.1) is 0 Å². The van der Waals surface area contributed by atoms with Crippen LogP contribution >= 0.6 is 0 Å². The number of hydrogen-bond donors (Lipinski definition) is 1. The first kappa shape index (κ1) is 12.2. The highest BCUT2D eigenvalue weighted by Gasteiger charge is 2.10. The Labute approximate surface area is 106 Å². The Morgan fingerprint density at radius 1 is 1.28 bits per heavy atom. The van der Waals surface area contributed by atoms with Crippen LogP contribution in [0.15, 0.2) is 42.6 Å². The van der Waals surface area contributed by atoms with Gasteiger partial charge in [0.15, 0.2) is 5.78 Å². The molecule has 0 saturated carbocycles. The van der Waals surface area contributed by atoms with Crippen LogP contribution in [0.3, 0.4) is 0 Å². The monoisotopic (exact) mass is 244 g/mol. The van der Waals surface area contributed by atoms with Gasteiger partial charge >= 0.3 is 0 Å².